The standard InChI is InChI=1S/C21H14NO3/c23-21-20(25-19-10-4-2-8-16(19)22-21)14-7-5-11-18-15(14)12-13-6-1-3-9-17(13)24-18/h1-12,20H,(H,22,23). The van der Waals surface area contributed by atoms with Crippen LogP contribution in [0.15, 0.2) is 66.7 Å². The summed E-state index contributed by atoms with van der Waals surface area (Å²) in [5.74, 6) is 2.03. The van der Waals surface area contributed by atoms with Crippen molar-refractivity contribution in [1.82, 2.24) is 0 Å². The van der Waals surface area contributed by atoms with Crippen LogP contribution < -0.4 is 14.8 Å². The molecular weight excluding hydrogens is 314 g/mol. The van der Waals surface area contributed by atoms with E-state index in [1.807, 2.05) is 73.2 Å². The first-order chi connectivity index (χ1) is 12.3. The van der Waals surface area contributed by atoms with Crippen molar-refractivity contribution >= 4 is 11.6 Å². The number of amides is 1. The van der Waals surface area contributed by atoms with Gasteiger partial charge in [-0.2, -0.15) is 0 Å². The van der Waals surface area contributed by atoms with Crippen molar-refractivity contribution in [3.05, 3.63) is 89.8 Å². The number of hydrogen-bond donors (Lipinski definition) is 1. The van der Waals surface area contributed by atoms with Gasteiger partial charge in [0, 0.05) is 23.1 Å². The summed E-state index contributed by atoms with van der Waals surface area (Å²) < 4.78 is 12.0. The van der Waals surface area contributed by atoms with Crippen LogP contribution in [0.2, 0.25) is 0 Å². The fourth-order valence-electron chi connectivity index (χ4n) is 3.26. The minimum atomic E-state index is -0.713. The first-order valence-corrected chi connectivity index (χ1v) is 8.11. The first-order valence-electron chi connectivity index (χ1n) is 8.11. The predicted molar refractivity (Wildman–Crippen MR) is 93.9 cm³/mol. The molecule has 1 radical (unpaired) electrons. The minimum absolute atomic E-state index is 0.181. The van der Waals surface area contributed by atoms with E-state index >= 15 is 0 Å². The van der Waals surface area contributed by atoms with Crippen molar-refractivity contribution in [1.29, 1.82) is 0 Å². The van der Waals surface area contributed by atoms with Gasteiger partial charge < -0.3 is 14.8 Å². The maximum absolute atomic E-state index is 12.6. The van der Waals surface area contributed by atoms with E-state index in [2.05, 4.69) is 5.32 Å². The van der Waals surface area contributed by atoms with E-state index in [1.165, 1.54) is 0 Å². The molecular formula is C21H14NO3. The third kappa shape index (κ3) is 2.26. The van der Waals surface area contributed by atoms with Crippen molar-refractivity contribution < 1.29 is 14.3 Å². The van der Waals surface area contributed by atoms with E-state index in [0.717, 1.165) is 28.2 Å². The van der Waals surface area contributed by atoms with Crippen LogP contribution in [-0.4, -0.2) is 5.91 Å². The van der Waals surface area contributed by atoms with Crippen molar-refractivity contribution in [2.24, 2.45) is 0 Å². The molecule has 0 saturated heterocycles. The van der Waals surface area contributed by atoms with E-state index in [0.29, 0.717) is 11.4 Å². The molecule has 25 heavy (non-hydrogen) atoms. The number of carbonyl (C=O) groups is 1. The highest BCUT2D eigenvalue weighted by Gasteiger charge is 2.33. The number of rotatable bonds is 1. The van der Waals surface area contributed by atoms with Crippen molar-refractivity contribution in [3.8, 4) is 17.2 Å². The van der Waals surface area contributed by atoms with Crippen LogP contribution in [0.1, 0.15) is 22.8 Å². The summed E-state index contributed by atoms with van der Waals surface area (Å²) >= 11 is 0. The van der Waals surface area contributed by atoms with Gasteiger partial charge in [-0.15, -0.1) is 0 Å². The van der Waals surface area contributed by atoms with E-state index in [9.17, 15) is 4.79 Å². The Bertz CT molecular complexity index is 996. The number of para-hydroxylation sites is 3. The highest BCUT2D eigenvalue weighted by atomic mass is 16.5. The lowest BCUT2D eigenvalue weighted by atomic mass is 9.92. The second kappa shape index (κ2) is 5.38. The Balaban J connectivity index is 1.58. The zero-order valence-corrected chi connectivity index (χ0v) is 13.2. The van der Waals surface area contributed by atoms with Gasteiger partial charge in [0.1, 0.15) is 17.2 Å². The fraction of sp³-hybridized carbons (Fsp3) is 0.0476. The normalized spacial score (nSPS) is 17.3. The Labute approximate surface area is 145 Å². The Kier molecular flexibility index (Phi) is 3.04. The van der Waals surface area contributed by atoms with Crippen molar-refractivity contribution in [2.45, 2.75) is 6.10 Å². The van der Waals surface area contributed by atoms with Crippen LogP contribution in [-0.2, 0) is 4.79 Å². The van der Waals surface area contributed by atoms with Crippen LogP contribution in [0.5, 0.6) is 17.2 Å². The number of anilines is 1. The molecule has 1 N–H and O–H groups in total. The van der Waals surface area contributed by atoms with Crippen molar-refractivity contribution in [2.75, 3.05) is 5.32 Å². The molecule has 4 nitrogen and oxygen atoms in total. The molecule has 3 aromatic rings. The number of nitrogens with one attached hydrogen (secondary N) is 1. The smallest absolute Gasteiger partial charge is 0.270 e. The molecule has 0 aromatic heterocycles. The Morgan fingerprint density at radius 1 is 0.800 bits per heavy atom. The average Bonchev–Trinajstić information content (AvgIpc) is 2.65. The van der Waals surface area contributed by atoms with Crippen LogP contribution in [0.25, 0.3) is 0 Å². The number of ether oxygens (including phenoxy) is 2. The van der Waals surface area contributed by atoms with Gasteiger partial charge in [0.05, 0.1) is 5.69 Å². The molecule has 2 aliphatic heterocycles. The molecule has 5 rings (SSSR count). The number of fused-ring (bicyclic) bond motifs is 3. The van der Waals surface area contributed by atoms with E-state index in [1.54, 1.807) is 0 Å². The highest BCUT2D eigenvalue weighted by molar-refractivity contribution is 5.98. The summed E-state index contributed by atoms with van der Waals surface area (Å²) in [7, 11) is 0. The fourth-order valence-corrected chi connectivity index (χ4v) is 3.26. The Morgan fingerprint density at radius 3 is 2.48 bits per heavy atom. The van der Waals surface area contributed by atoms with Gasteiger partial charge in [0.15, 0.2) is 0 Å². The zero-order valence-electron chi connectivity index (χ0n) is 13.2. The lowest BCUT2D eigenvalue weighted by molar-refractivity contribution is -0.123. The van der Waals surface area contributed by atoms with Crippen LogP contribution >= 0.6 is 0 Å². The number of benzene rings is 3. The molecule has 0 saturated carbocycles. The van der Waals surface area contributed by atoms with Gasteiger partial charge in [-0.05, 0) is 24.3 Å². The minimum Gasteiger partial charge on any atom is -0.474 e. The van der Waals surface area contributed by atoms with E-state index in [-0.39, 0.29) is 5.91 Å². The Morgan fingerprint density at radius 2 is 1.56 bits per heavy atom. The number of hydrogen-bond acceptors (Lipinski definition) is 3. The topological polar surface area (TPSA) is 47.6 Å². The number of carbonyl (C=O) groups excluding carboxylic acids is 1. The summed E-state index contributed by atoms with van der Waals surface area (Å²) in [5, 5.41) is 2.92. The highest BCUT2D eigenvalue weighted by Crippen LogP contribution is 2.43. The molecule has 4 heteroatoms. The second-order valence-electron chi connectivity index (χ2n) is 6.03. The Hall–Kier alpha value is -3.27. The van der Waals surface area contributed by atoms with E-state index < -0.39 is 6.10 Å². The predicted octanol–water partition coefficient (Wildman–Crippen LogP) is 4.47. The van der Waals surface area contributed by atoms with Crippen molar-refractivity contribution in [3.63, 3.8) is 0 Å². The van der Waals surface area contributed by atoms with E-state index in [4.69, 9.17) is 9.47 Å². The summed E-state index contributed by atoms with van der Waals surface area (Å²) in [6, 6.07) is 21.0. The van der Waals surface area contributed by atoms with Gasteiger partial charge in [-0.3, -0.25) is 4.79 Å². The second-order valence-corrected chi connectivity index (χ2v) is 6.03. The van der Waals surface area contributed by atoms with Crippen LogP contribution in [0.4, 0.5) is 5.69 Å². The molecule has 121 valence electrons. The van der Waals surface area contributed by atoms with Gasteiger partial charge >= 0.3 is 0 Å². The van der Waals surface area contributed by atoms with Gasteiger partial charge in [0.2, 0.25) is 6.10 Å². The van der Waals surface area contributed by atoms with Gasteiger partial charge in [-0.1, -0.05) is 42.5 Å². The van der Waals surface area contributed by atoms with Gasteiger partial charge in [0.25, 0.3) is 5.91 Å². The molecule has 1 unspecified atom stereocenters. The van der Waals surface area contributed by atoms with Crippen LogP contribution in [0, 0.1) is 6.42 Å². The molecule has 2 aliphatic rings. The molecule has 3 aromatic carbocycles. The lowest BCUT2D eigenvalue weighted by Gasteiger charge is -2.29. The monoisotopic (exact) mass is 328 g/mol. The lowest BCUT2D eigenvalue weighted by Crippen LogP contribution is -2.31. The molecule has 0 spiro atoms. The quantitative estimate of drug-likeness (QED) is 0.561. The summed E-state index contributed by atoms with van der Waals surface area (Å²) in [5.41, 5.74) is 3.35. The third-order valence-corrected chi connectivity index (χ3v) is 4.45. The van der Waals surface area contributed by atoms with Gasteiger partial charge in [-0.25, -0.2) is 0 Å². The molecule has 0 fully saturated rings. The maximum atomic E-state index is 12.6. The van der Waals surface area contributed by atoms with Crippen LogP contribution in [0.3, 0.4) is 0 Å². The first kappa shape index (κ1) is 14.1. The third-order valence-electron chi connectivity index (χ3n) is 4.45. The molecule has 2 heterocycles. The average molecular weight is 328 g/mol. The summed E-state index contributed by atoms with van der Waals surface area (Å²) in [4.78, 5) is 12.6. The maximum Gasteiger partial charge on any atom is 0.270 e. The summed E-state index contributed by atoms with van der Waals surface area (Å²) in [6.45, 7) is 0. The molecule has 0 bridgehead atoms. The summed E-state index contributed by atoms with van der Waals surface area (Å²) in [6.07, 6.45) is 1.33. The largest absolute Gasteiger partial charge is 0.474 e. The zero-order chi connectivity index (χ0) is 16.8. The molecule has 1 amide bonds. The SMILES string of the molecule is O=C1Nc2ccccc2OC1c1cccc2c1[CH]c1ccccc1O2. The molecule has 1 atom stereocenters. The molecule has 0 aliphatic carbocycles.